The van der Waals surface area contributed by atoms with E-state index in [0.29, 0.717) is 13.0 Å². The maximum Gasteiger partial charge on any atom is 0.258 e. The lowest BCUT2D eigenvalue weighted by Crippen LogP contribution is -2.14. The average Bonchev–Trinajstić information content (AvgIpc) is 2.59. The van der Waals surface area contributed by atoms with Gasteiger partial charge in [-0.3, -0.25) is 0 Å². The van der Waals surface area contributed by atoms with Crippen molar-refractivity contribution in [2.45, 2.75) is 59.7 Å². The molecule has 0 saturated carbocycles. The third-order valence-electron chi connectivity index (χ3n) is 4.03. The van der Waals surface area contributed by atoms with E-state index in [-0.39, 0.29) is 11.5 Å². The molecule has 0 aliphatic rings. The average molecular weight is 338 g/mol. The van der Waals surface area contributed by atoms with Crippen LogP contribution in [0, 0.1) is 5.41 Å². The Labute approximate surface area is 152 Å². The zero-order valence-corrected chi connectivity index (χ0v) is 16.0. The molecule has 0 fully saturated rings. The van der Waals surface area contributed by atoms with Crippen LogP contribution in [0.2, 0.25) is 0 Å². The molecule has 134 valence electrons. The molecule has 1 aromatic carbocycles. The van der Waals surface area contributed by atoms with Crippen molar-refractivity contribution in [3.63, 3.8) is 0 Å². The van der Waals surface area contributed by atoms with Gasteiger partial charge in [0.2, 0.25) is 0 Å². The first-order chi connectivity index (χ1) is 11.8. The van der Waals surface area contributed by atoms with E-state index in [2.05, 4.69) is 50.0 Å². The number of hydrogen-bond donors (Lipinski definition) is 0. The molecule has 0 aromatic heterocycles. The molecule has 3 heteroatoms. The molecule has 0 radical (unpaired) electrons. The molecule has 0 aliphatic carbocycles. The predicted molar refractivity (Wildman–Crippen MR) is 104 cm³/mol. The van der Waals surface area contributed by atoms with E-state index >= 15 is 0 Å². The van der Waals surface area contributed by atoms with Gasteiger partial charge in [-0.25, -0.2) is 0 Å². The van der Waals surface area contributed by atoms with E-state index in [1.54, 1.807) is 0 Å². The van der Waals surface area contributed by atoms with Gasteiger partial charge in [0.15, 0.2) is 0 Å². The summed E-state index contributed by atoms with van der Waals surface area (Å²) in [5, 5.41) is 0. The van der Waals surface area contributed by atoms with Gasteiger partial charge in [0, 0.05) is 5.41 Å². The first kappa shape index (κ1) is 20.9. The normalized spacial score (nSPS) is 11.8. The Kier molecular flexibility index (Phi) is 8.88. The fourth-order valence-electron chi connectivity index (χ4n) is 2.32. The summed E-state index contributed by atoms with van der Waals surface area (Å²) in [7, 11) is 0. The molecule has 1 rings (SSSR count). The van der Waals surface area contributed by atoms with Crippen LogP contribution in [0.15, 0.2) is 59.9 Å². The maximum absolute atomic E-state index is 8.54. The zero-order valence-electron chi connectivity index (χ0n) is 16.0. The summed E-state index contributed by atoms with van der Waals surface area (Å²) < 4.78 is 6.04. The minimum absolute atomic E-state index is 0.0477. The summed E-state index contributed by atoms with van der Waals surface area (Å²) in [6, 6.07) is 10.2. The van der Waals surface area contributed by atoms with Gasteiger partial charge in [0.25, 0.3) is 6.21 Å². The Morgan fingerprint density at radius 2 is 2.00 bits per heavy atom. The molecule has 0 unspecified atom stereocenters. The monoisotopic (exact) mass is 338 g/mol. The highest BCUT2D eigenvalue weighted by Crippen LogP contribution is 2.21. The van der Waals surface area contributed by atoms with E-state index in [0.717, 1.165) is 18.4 Å². The topological polar surface area (TPSA) is 45.6 Å². The summed E-state index contributed by atoms with van der Waals surface area (Å²) in [6.07, 6.45) is 6.09. The van der Waals surface area contributed by atoms with Crippen LogP contribution in [0.25, 0.3) is 5.53 Å². The molecule has 3 nitrogen and oxygen atoms in total. The van der Waals surface area contributed by atoms with Crippen LogP contribution in [0.5, 0.6) is 0 Å². The number of benzene rings is 1. The van der Waals surface area contributed by atoms with Crippen molar-refractivity contribution < 1.29 is 9.53 Å². The van der Waals surface area contributed by atoms with Gasteiger partial charge in [-0.2, -0.15) is 4.79 Å². The molecule has 0 N–H and O–H groups in total. The van der Waals surface area contributed by atoms with Gasteiger partial charge in [-0.05, 0) is 43.9 Å². The van der Waals surface area contributed by atoms with Crippen LogP contribution < -0.4 is 0 Å². The third kappa shape index (κ3) is 9.02. The molecular weight excluding hydrogens is 308 g/mol. The van der Waals surface area contributed by atoms with Crippen LogP contribution in [0.1, 0.15) is 52.5 Å². The van der Waals surface area contributed by atoms with Crippen LogP contribution in [-0.4, -0.2) is 17.1 Å². The predicted octanol–water partition coefficient (Wildman–Crippen LogP) is 5.75. The van der Waals surface area contributed by atoms with Crippen LogP contribution in [0.4, 0.5) is 0 Å². The molecule has 25 heavy (non-hydrogen) atoms. The Hall–Kier alpha value is -2.18. The fraction of sp³-hybridized carbons (Fsp3) is 0.455. The van der Waals surface area contributed by atoms with Crippen molar-refractivity contribution in [3.8, 4) is 0 Å². The number of nitrogens with zero attached hydrogens (tertiary/aromatic N) is 2. The fourth-order valence-corrected chi connectivity index (χ4v) is 2.32. The van der Waals surface area contributed by atoms with E-state index < -0.39 is 0 Å². The summed E-state index contributed by atoms with van der Waals surface area (Å²) in [6.45, 7) is 12.9. The van der Waals surface area contributed by atoms with Crippen molar-refractivity contribution in [3.05, 3.63) is 71.0 Å². The van der Waals surface area contributed by atoms with E-state index in [4.69, 9.17) is 10.3 Å². The van der Waals surface area contributed by atoms with Crippen molar-refractivity contribution in [2.75, 3.05) is 0 Å². The lowest BCUT2D eigenvalue weighted by molar-refractivity contribution is -0.000841. The van der Waals surface area contributed by atoms with Crippen LogP contribution in [0.3, 0.4) is 0 Å². The molecule has 0 bridgehead atoms. The molecule has 1 aromatic rings. The molecule has 1 atom stereocenters. The SMILES string of the molecule is C=C(C)[C@@H](CCC(C)=C=CC(C)(C)CC=[N+]=[N-])OCc1ccccc1. The van der Waals surface area contributed by atoms with E-state index in [1.165, 1.54) is 17.4 Å². The second kappa shape index (κ2) is 10.6. The van der Waals surface area contributed by atoms with Gasteiger partial charge in [0.05, 0.1) is 19.1 Å². The Morgan fingerprint density at radius 3 is 2.60 bits per heavy atom. The highest BCUT2D eigenvalue weighted by atomic mass is 16.5. The largest absolute Gasteiger partial charge is 0.369 e. The standard InChI is InChI=1S/C22H30N2O/c1-18(2)21(25-17-20-9-7-6-8-10-20)12-11-19(3)13-14-22(4,5)15-16-24-23/h6-10,14,16,21H,1,11-12,15,17H2,2-5H3/t13?,21-/m1/s1. The smallest absolute Gasteiger partial charge is 0.258 e. The molecule has 0 aliphatic heterocycles. The number of allylic oxidation sites excluding steroid dienone is 1. The molecule has 0 spiro atoms. The third-order valence-corrected chi connectivity index (χ3v) is 4.03. The zero-order chi connectivity index (χ0) is 18.7. The second-order valence-corrected chi connectivity index (χ2v) is 7.23. The Balaban J connectivity index is 2.59. The van der Waals surface area contributed by atoms with Crippen molar-refractivity contribution in [1.82, 2.24) is 0 Å². The quantitative estimate of drug-likeness (QED) is 0.176. The van der Waals surface area contributed by atoms with Gasteiger partial charge in [-0.15, -0.1) is 5.73 Å². The van der Waals surface area contributed by atoms with E-state index in [9.17, 15) is 0 Å². The summed E-state index contributed by atoms with van der Waals surface area (Å²) in [4.78, 5) is 3.07. The van der Waals surface area contributed by atoms with Crippen LogP contribution >= 0.6 is 0 Å². The number of hydrogen-bond acceptors (Lipinski definition) is 1. The number of ether oxygens (including phenoxy) is 1. The summed E-state index contributed by atoms with van der Waals surface area (Å²) >= 11 is 0. The summed E-state index contributed by atoms with van der Waals surface area (Å²) in [5.74, 6) is 0. The van der Waals surface area contributed by atoms with Crippen LogP contribution in [-0.2, 0) is 11.3 Å². The lowest BCUT2D eigenvalue weighted by Gasteiger charge is -2.18. The van der Waals surface area contributed by atoms with Crippen molar-refractivity contribution in [1.29, 1.82) is 0 Å². The Morgan fingerprint density at radius 1 is 1.32 bits per heavy atom. The first-order valence-electron chi connectivity index (χ1n) is 8.74. The minimum Gasteiger partial charge on any atom is -0.369 e. The van der Waals surface area contributed by atoms with Gasteiger partial charge < -0.3 is 10.3 Å². The highest BCUT2D eigenvalue weighted by Gasteiger charge is 2.14. The lowest BCUT2D eigenvalue weighted by atomic mass is 9.89. The number of rotatable bonds is 10. The van der Waals surface area contributed by atoms with Crippen molar-refractivity contribution >= 4 is 6.21 Å². The van der Waals surface area contributed by atoms with E-state index in [1.807, 2.05) is 31.2 Å². The second-order valence-electron chi connectivity index (χ2n) is 7.23. The molecule has 0 saturated heterocycles. The highest BCUT2D eigenvalue weighted by molar-refractivity contribution is 5.51. The van der Waals surface area contributed by atoms with Gasteiger partial charge in [0.1, 0.15) is 0 Å². The minimum atomic E-state index is -0.0783. The molecular formula is C22H30N2O. The molecule has 0 amide bonds. The van der Waals surface area contributed by atoms with Gasteiger partial charge in [-0.1, -0.05) is 56.3 Å². The van der Waals surface area contributed by atoms with Crippen molar-refractivity contribution in [2.24, 2.45) is 5.41 Å². The summed E-state index contributed by atoms with van der Waals surface area (Å²) in [5.41, 5.74) is 15.2. The first-order valence-corrected chi connectivity index (χ1v) is 8.74. The maximum atomic E-state index is 8.54. The Bertz CT molecular complexity index is 661. The van der Waals surface area contributed by atoms with Gasteiger partial charge >= 0.3 is 0 Å². The molecule has 0 heterocycles.